The molecule has 0 amide bonds. The third kappa shape index (κ3) is 3.23. The fraction of sp³-hybridized carbons (Fsp3) is 0.143. The van der Waals surface area contributed by atoms with Gasteiger partial charge in [0.1, 0.15) is 11.9 Å². The van der Waals surface area contributed by atoms with Gasteiger partial charge in [-0.25, -0.2) is 0 Å². The van der Waals surface area contributed by atoms with Gasteiger partial charge in [-0.2, -0.15) is 0 Å². The van der Waals surface area contributed by atoms with Gasteiger partial charge in [-0.3, -0.25) is 0 Å². The van der Waals surface area contributed by atoms with Gasteiger partial charge in [-0.1, -0.05) is 39.1 Å². The highest BCUT2D eigenvalue weighted by Crippen LogP contribution is 2.35. The zero-order valence-corrected chi connectivity index (χ0v) is 13.1. The van der Waals surface area contributed by atoms with Crippen molar-refractivity contribution in [3.05, 3.63) is 62.0 Å². The first-order valence-electron chi connectivity index (χ1n) is 5.49. The first kappa shape index (κ1) is 14.7. The molecule has 5 heteroatoms. The molecule has 1 unspecified atom stereocenters. The molecule has 0 fully saturated rings. The van der Waals surface area contributed by atoms with E-state index in [1.165, 1.54) is 0 Å². The van der Waals surface area contributed by atoms with Gasteiger partial charge in [0.2, 0.25) is 0 Å². The largest absolute Gasteiger partial charge is 0.497 e. The fourth-order valence-corrected chi connectivity index (χ4v) is 2.61. The van der Waals surface area contributed by atoms with Gasteiger partial charge in [0.25, 0.3) is 0 Å². The number of ether oxygens (including phenoxy) is 1. The minimum Gasteiger partial charge on any atom is -0.497 e. The lowest BCUT2D eigenvalue weighted by Crippen LogP contribution is -2.02. The Morgan fingerprint density at radius 1 is 1.11 bits per heavy atom. The van der Waals surface area contributed by atoms with Crippen molar-refractivity contribution in [3.8, 4) is 5.75 Å². The summed E-state index contributed by atoms with van der Waals surface area (Å²) >= 11 is 15.5. The van der Waals surface area contributed by atoms with E-state index in [0.717, 1.165) is 4.47 Å². The van der Waals surface area contributed by atoms with Crippen LogP contribution in [0.4, 0.5) is 0 Å². The molecule has 2 rings (SSSR count). The summed E-state index contributed by atoms with van der Waals surface area (Å²) in [7, 11) is 1.58. The maximum Gasteiger partial charge on any atom is 0.119 e. The quantitative estimate of drug-likeness (QED) is 0.846. The predicted molar refractivity (Wildman–Crippen MR) is 81.2 cm³/mol. The topological polar surface area (TPSA) is 29.5 Å². The van der Waals surface area contributed by atoms with Crippen molar-refractivity contribution < 1.29 is 9.84 Å². The fourth-order valence-electron chi connectivity index (χ4n) is 1.75. The molecule has 2 aromatic rings. The highest BCUT2D eigenvalue weighted by Gasteiger charge is 2.17. The third-order valence-electron chi connectivity index (χ3n) is 2.75. The number of benzene rings is 2. The molecule has 2 nitrogen and oxygen atoms in total. The number of aliphatic hydroxyl groups excluding tert-OH is 1. The van der Waals surface area contributed by atoms with Gasteiger partial charge in [-0.15, -0.1) is 0 Å². The van der Waals surface area contributed by atoms with E-state index in [0.29, 0.717) is 26.9 Å². The summed E-state index contributed by atoms with van der Waals surface area (Å²) in [6.07, 6.45) is -0.879. The van der Waals surface area contributed by atoms with Crippen LogP contribution >= 0.6 is 39.1 Å². The van der Waals surface area contributed by atoms with Crippen molar-refractivity contribution in [1.29, 1.82) is 0 Å². The van der Waals surface area contributed by atoms with E-state index in [-0.39, 0.29) is 0 Å². The summed E-state index contributed by atoms with van der Waals surface area (Å²) in [5.41, 5.74) is 1.23. The van der Waals surface area contributed by atoms with E-state index in [1.54, 1.807) is 37.4 Å². The minimum atomic E-state index is -0.879. The smallest absolute Gasteiger partial charge is 0.119 e. The lowest BCUT2D eigenvalue weighted by Gasteiger charge is -2.16. The number of rotatable bonds is 3. The van der Waals surface area contributed by atoms with Gasteiger partial charge in [0, 0.05) is 25.6 Å². The summed E-state index contributed by atoms with van der Waals surface area (Å²) in [6, 6.07) is 10.4. The molecule has 0 aromatic heterocycles. The Labute approximate surface area is 130 Å². The maximum absolute atomic E-state index is 10.5. The lowest BCUT2D eigenvalue weighted by atomic mass is 10.0. The molecule has 0 radical (unpaired) electrons. The molecule has 0 saturated carbocycles. The maximum atomic E-state index is 10.5. The van der Waals surface area contributed by atoms with Crippen molar-refractivity contribution in [2.24, 2.45) is 0 Å². The van der Waals surface area contributed by atoms with Crippen molar-refractivity contribution in [2.45, 2.75) is 6.10 Å². The standard InChI is InChI=1S/C14H11BrCl2O2/c1-19-9-3-4-12(15)10(7-9)14(18)11-6-8(16)2-5-13(11)17/h2-7,14,18H,1H3. The predicted octanol–water partition coefficient (Wildman–Crippen LogP) is 4.85. The van der Waals surface area contributed by atoms with Crippen molar-refractivity contribution >= 4 is 39.1 Å². The first-order valence-corrected chi connectivity index (χ1v) is 7.04. The SMILES string of the molecule is COc1ccc(Br)c(C(O)c2cc(Cl)ccc2Cl)c1. The molecule has 0 bridgehead atoms. The van der Waals surface area contributed by atoms with Crippen LogP contribution in [0.1, 0.15) is 17.2 Å². The highest BCUT2D eigenvalue weighted by molar-refractivity contribution is 9.10. The van der Waals surface area contributed by atoms with Crippen LogP contribution in [0.15, 0.2) is 40.9 Å². The summed E-state index contributed by atoms with van der Waals surface area (Å²) in [5.74, 6) is 0.662. The van der Waals surface area contributed by atoms with Crippen molar-refractivity contribution in [1.82, 2.24) is 0 Å². The van der Waals surface area contributed by atoms with Crippen LogP contribution in [-0.4, -0.2) is 12.2 Å². The monoisotopic (exact) mass is 360 g/mol. The number of halogens is 3. The molecule has 0 heterocycles. The van der Waals surface area contributed by atoms with Gasteiger partial charge >= 0.3 is 0 Å². The van der Waals surface area contributed by atoms with E-state index >= 15 is 0 Å². The molecule has 0 saturated heterocycles. The molecule has 1 atom stereocenters. The lowest BCUT2D eigenvalue weighted by molar-refractivity contribution is 0.219. The molecular weight excluding hydrogens is 351 g/mol. The van der Waals surface area contributed by atoms with E-state index in [4.69, 9.17) is 27.9 Å². The Morgan fingerprint density at radius 3 is 2.53 bits per heavy atom. The van der Waals surface area contributed by atoms with Crippen LogP contribution in [0.2, 0.25) is 10.0 Å². The van der Waals surface area contributed by atoms with E-state index in [9.17, 15) is 5.11 Å². The zero-order valence-electron chi connectivity index (χ0n) is 10.0. The summed E-state index contributed by atoms with van der Waals surface area (Å²) in [6.45, 7) is 0. The van der Waals surface area contributed by atoms with Crippen molar-refractivity contribution in [2.75, 3.05) is 7.11 Å². The average molecular weight is 362 g/mol. The Morgan fingerprint density at radius 2 is 1.84 bits per heavy atom. The van der Waals surface area contributed by atoms with Gasteiger partial charge < -0.3 is 9.84 Å². The molecular formula is C14H11BrCl2O2. The second-order valence-corrected chi connectivity index (χ2v) is 5.65. The number of hydrogen-bond acceptors (Lipinski definition) is 2. The average Bonchev–Trinajstić information content (AvgIpc) is 2.41. The highest BCUT2D eigenvalue weighted by atomic mass is 79.9. The molecule has 0 aliphatic carbocycles. The van der Waals surface area contributed by atoms with Crippen LogP contribution in [0, 0.1) is 0 Å². The second kappa shape index (κ2) is 6.14. The van der Waals surface area contributed by atoms with Crippen LogP contribution in [0.3, 0.4) is 0 Å². The van der Waals surface area contributed by atoms with E-state index in [1.807, 2.05) is 6.07 Å². The normalized spacial score (nSPS) is 12.3. The molecule has 100 valence electrons. The summed E-state index contributed by atoms with van der Waals surface area (Å²) < 4.78 is 5.93. The Balaban J connectivity index is 2.48. The molecule has 0 aliphatic heterocycles. The van der Waals surface area contributed by atoms with Gasteiger partial charge in [0.05, 0.1) is 7.11 Å². The van der Waals surface area contributed by atoms with Crippen molar-refractivity contribution in [3.63, 3.8) is 0 Å². The van der Waals surface area contributed by atoms with Gasteiger partial charge in [-0.05, 0) is 36.4 Å². The Bertz CT molecular complexity index is 602. The molecule has 0 spiro atoms. The zero-order chi connectivity index (χ0) is 14.0. The van der Waals surface area contributed by atoms with Crippen LogP contribution in [-0.2, 0) is 0 Å². The minimum absolute atomic E-state index is 0.464. The number of methoxy groups -OCH3 is 1. The molecule has 1 N–H and O–H groups in total. The Kier molecular flexibility index (Phi) is 4.74. The summed E-state index contributed by atoms with van der Waals surface area (Å²) in [4.78, 5) is 0. The Hall–Kier alpha value is -0.740. The van der Waals surface area contributed by atoms with E-state index in [2.05, 4.69) is 15.9 Å². The molecule has 19 heavy (non-hydrogen) atoms. The van der Waals surface area contributed by atoms with Crippen LogP contribution in [0.5, 0.6) is 5.75 Å². The number of hydrogen-bond donors (Lipinski definition) is 1. The van der Waals surface area contributed by atoms with Crippen LogP contribution < -0.4 is 4.74 Å². The summed E-state index contributed by atoms with van der Waals surface area (Å²) in [5, 5.41) is 11.5. The first-order chi connectivity index (χ1) is 9.02. The number of aliphatic hydroxyl groups is 1. The molecule has 0 aliphatic rings. The van der Waals surface area contributed by atoms with E-state index < -0.39 is 6.10 Å². The third-order valence-corrected chi connectivity index (χ3v) is 4.05. The van der Waals surface area contributed by atoms with Gasteiger partial charge in [0.15, 0.2) is 0 Å². The van der Waals surface area contributed by atoms with Crippen LogP contribution in [0.25, 0.3) is 0 Å². The second-order valence-electron chi connectivity index (χ2n) is 3.96. The molecule has 2 aromatic carbocycles.